The van der Waals surface area contributed by atoms with E-state index in [4.69, 9.17) is 0 Å². The first kappa shape index (κ1) is 26.9. The summed E-state index contributed by atoms with van der Waals surface area (Å²) >= 11 is 0. The Morgan fingerprint density at radius 3 is 1.07 bits per heavy atom. The molecule has 1 unspecified atom stereocenters. The third-order valence-corrected chi connectivity index (χ3v) is 5.88. The van der Waals surface area contributed by atoms with E-state index in [1.165, 1.54) is 116 Å². The summed E-state index contributed by atoms with van der Waals surface area (Å²) in [5, 5.41) is 10.3. The second-order valence-corrected chi connectivity index (χ2v) is 8.58. The van der Waals surface area contributed by atoms with Crippen LogP contribution < -0.4 is 0 Å². The Labute approximate surface area is 172 Å². The molecular formula is C25H53NO. The van der Waals surface area contributed by atoms with E-state index >= 15 is 0 Å². The minimum Gasteiger partial charge on any atom is -0.378 e. The Morgan fingerprint density at radius 1 is 0.481 bits per heavy atom. The van der Waals surface area contributed by atoms with Gasteiger partial charge in [-0.1, -0.05) is 124 Å². The van der Waals surface area contributed by atoms with Gasteiger partial charge in [-0.3, -0.25) is 4.90 Å². The molecule has 0 saturated heterocycles. The highest BCUT2D eigenvalue weighted by Gasteiger charge is 2.12. The Morgan fingerprint density at radius 2 is 0.778 bits per heavy atom. The molecule has 0 saturated carbocycles. The molecule has 0 aliphatic rings. The second kappa shape index (κ2) is 22.2. The maximum absolute atomic E-state index is 10.3. The standard InChI is InChI=1S/C25H53NO/c1-4-7-9-11-13-15-17-19-21-23-26(25(27)6-3)24-22-20-18-16-14-12-10-8-5-2/h25,27H,4-24H2,1-3H3. The van der Waals surface area contributed by atoms with Gasteiger partial charge in [-0.15, -0.1) is 0 Å². The van der Waals surface area contributed by atoms with Gasteiger partial charge in [-0.05, 0) is 19.3 Å². The summed E-state index contributed by atoms with van der Waals surface area (Å²) in [5.74, 6) is 0. The predicted octanol–water partition coefficient (Wildman–Crippen LogP) is 8.08. The molecule has 2 heteroatoms. The number of aliphatic hydroxyl groups excluding tert-OH is 1. The molecule has 0 fully saturated rings. The van der Waals surface area contributed by atoms with Crippen molar-refractivity contribution < 1.29 is 5.11 Å². The number of hydrogen-bond acceptors (Lipinski definition) is 2. The normalized spacial score (nSPS) is 12.8. The average molecular weight is 384 g/mol. The van der Waals surface area contributed by atoms with Crippen LogP contribution in [0.1, 0.15) is 143 Å². The van der Waals surface area contributed by atoms with Crippen molar-refractivity contribution in [3.63, 3.8) is 0 Å². The van der Waals surface area contributed by atoms with Crippen LogP contribution >= 0.6 is 0 Å². The summed E-state index contributed by atoms with van der Waals surface area (Å²) in [6.07, 6.45) is 25.4. The molecule has 0 aliphatic carbocycles. The van der Waals surface area contributed by atoms with Crippen molar-refractivity contribution in [1.82, 2.24) is 4.90 Å². The van der Waals surface area contributed by atoms with Crippen molar-refractivity contribution in [3.8, 4) is 0 Å². The third kappa shape index (κ3) is 19.0. The van der Waals surface area contributed by atoms with Crippen molar-refractivity contribution in [2.24, 2.45) is 0 Å². The lowest BCUT2D eigenvalue weighted by Crippen LogP contribution is -2.36. The van der Waals surface area contributed by atoms with Crippen molar-refractivity contribution >= 4 is 0 Å². The zero-order valence-electron chi connectivity index (χ0n) is 19.3. The van der Waals surface area contributed by atoms with Crippen LogP contribution in [-0.4, -0.2) is 29.3 Å². The highest BCUT2D eigenvalue weighted by atomic mass is 16.3. The molecule has 0 aliphatic heterocycles. The molecule has 0 radical (unpaired) electrons. The SMILES string of the molecule is CCCCCCCCCCCN(CCCCCCCCCCC)C(O)CC. The Balaban J connectivity index is 3.60. The van der Waals surface area contributed by atoms with Crippen molar-refractivity contribution in [3.05, 3.63) is 0 Å². The van der Waals surface area contributed by atoms with Crippen molar-refractivity contribution in [1.29, 1.82) is 0 Å². The van der Waals surface area contributed by atoms with E-state index in [1.807, 2.05) is 0 Å². The number of aliphatic hydroxyl groups is 1. The number of nitrogens with zero attached hydrogens (tertiary/aromatic N) is 1. The molecule has 0 bridgehead atoms. The molecule has 164 valence electrons. The van der Waals surface area contributed by atoms with Crippen LogP contribution in [0.25, 0.3) is 0 Å². The van der Waals surface area contributed by atoms with E-state index < -0.39 is 0 Å². The lowest BCUT2D eigenvalue weighted by atomic mass is 10.1. The summed E-state index contributed by atoms with van der Waals surface area (Å²) in [6, 6.07) is 0. The summed E-state index contributed by atoms with van der Waals surface area (Å²) < 4.78 is 0. The van der Waals surface area contributed by atoms with E-state index in [2.05, 4.69) is 25.7 Å². The third-order valence-electron chi connectivity index (χ3n) is 5.88. The van der Waals surface area contributed by atoms with Crippen LogP contribution in [0.3, 0.4) is 0 Å². The van der Waals surface area contributed by atoms with Crippen LogP contribution in [0.2, 0.25) is 0 Å². The monoisotopic (exact) mass is 383 g/mol. The Kier molecular flexibility index (Phi) is 22.1. The quantitative estimate of drug-likeness (QED) is 0.151. The van der Waals surface area contributed by atoms with Crippen molar-refractivity contribution in [2.75, 3.05) is 13.1 Å². The molecule has 0 amide bonds. The van der Waals surface area contributed by atoms with Crippen molar-refractivity contribution in [2.45, 2.75) is 149 Å². The van der Waals surface area contributed by atoms with Gasteiger partial charge in [0.05, 0.1) is 0 Å². The molecule has 0 spiro atoms. The first-order chi connectivity index (χ1) is 13.3. The first-order valence-corrected chi connectivity index (χ1v) is 12.7. The van der Waals surface area contributed by atoms with E-state index in [9.17, 15) is 5.11 Å². The van der Waals surface area contributed by atoms with Crippen LogP contribution in [-0.2, 0) is 0 Å². The number of hydrogen-bond donors (Lipinski definition) is 1. The Bertz CT molecular complexity index is 247. The van der Waals surface area contributed by atoms with Gasteiger partial charge < -0.3 is 5.11 Å². The van der Waals surface area contributed by atoms with Crippen LogP contribution in [0.4, 0.5) is 0 Å². The highest BCUT2D eigenvalue weighted by Crippen LogP contribution is 2.13. The molecule has 0 heterocycles. The molecule has 2 nitrogen and oxygen atoms in total. The topological polar surface area (TPSA) is 23.5 Å². The second-order valence-electron chi connectivity index (χ2n) is 8.58. The first-order valence-electron chi connectivity index (χ1n) is 12.7. The number of unbranched alkanes of at least 4 members (excludes halogenated alkanes) is 16. The largest absolute Gasteiger partial charge is 0.378 e. The maximum Gasteiger partial charge on any atom is 0.107 e. The minimum atomic E-state index is -0.229. The van der Waals surface area contributed by atoms with E-state index in [0.29, 0.717) is 0 Å². The van der Waals surface area contributed by atoms with Gasteiger partial charge in [0, 0.05) is 13.1 Å². The van der Waals surface area contributed by atoms with E-state index in [-0.39, 0.29) is 6.23 Å². The average Bonchev–Trinajstić information content (AvgIpc) is 2.69. The molecule has 0 rings (SSSR count). The lowest BCUT2D eigenvalue weighted by Gasteiger charge is -2.27. The smallest absolute Gasteiger partial charge is 0.107 e. The summed E-state index contributed by atoms with van der Waals surface area (Å²) in [6.45, 7) is 8.84. The van der Waals surface area contributed by atoms with Gasteiger partial charge in [0.25, 0.3) is 0 Å². The van der Waals surface area contributed by atoms with E-state index in [1.54, 1.807) is 0 Å². The van der Waals surface area contributed by atoms with Gasteiger partial charge >= 0.3 is 0 Å². The summed E-state index contributed by atoms with van der Waals surface area (Å²) in [5.41, 5.74) is 0. The highest BCUT2D eigenvalue weighted by molar-refractivity contribution is 4.62. The van der Waals surface area contributed by atoms with Gasteiger partial charge in [0.2, 0.25) is 0 Å². The molecule has 1 atom stereocenters. The zero-order valence-corrected chi connectivity index (χ0v) is 19.3. The number of rotatable bonds is 22. The molecule has 27 heavy (non-hydrogen) atoms. The summed E-state index contributed by atoms with van der Waals surface area (Å²) in [7, 11) is 0. The summed E-state index contributed by atoms with van der Waals surface area (Å²) in [4.78, 5) is 2.34. The fraction of sp³-hybridized carbons (Fsp3) is 1.00. The van der Waals surface area contributed by atoms with Crippen LogP contribution in [0.15, 0.2) is 0 Å². The molecule has 1 N–H and O–H groups in total. The van der Waals surface area contributed by atoms with Gasteiger partial charge in [-0.2, -0.15) is 0 Å². The molecule has 0 aromatic carbocycles. The lowest BCUT2D eigenvalue weighted by molar-refractivity contribution is -0.00101. The maximum atomic E-state index is 10.3. The fourth-order valence-electron chi connectivity index (χ4n) is 3.92. The zero-order chi connectivity index (χ0) is 20.0. The molecule has 0 aromatic rings. The minimum absolute atomic E-state index is 0.229. The van der Waals surface area contributed by atoms with Gasteiger partial charge in [0.15, 0.2) is 0 Å². The van der Waals surface area contributed by atoms with Crippen LogP contribution in [0.5, 0.6) is 0 Å². The predicted molar refractivity (Wildman–Crippen MR) is 122 cm³/mol. The Hall–Kier alpha value is -0.0800. The molecular weight excluding hydrogens is 330 g/mol. The van der Waals surface area contributed by atoms with Crippen LogP contribution in [0, 0.1) is 0 Å². The molecule has 0 aromatic heterocycles. The van der Waals surface area contributed by atoms with Gasteiger partial charge in [-0.25, -0.2) is 0 Å². The van der Waals surface area contributed by atoms with E-state index in [0.717, 1.165) is 19.5 Å². The van der Waals surface area contributed by atoms with Gasteiger partial charge in [0.1, 0.15) is 6.23 Å². The fourth-order valence-corrected chi connectivity index (χ4v) is 3.92.